The summed E-state index contributed by atoms with van der Waals surface area (Å²) in [6, 6.07) is 2.54. The van der Waals surface area contributed by atoms with Crippen molar-refractivity contribution in [3.8, 4) is 6.07 Å². The molecule has 1 atom stereocenters. The Labute approximate surface area is 81.2 Å². The molecule has 0 aliphatic rings. The Morgan fingerprint density at radius 3 is 2.23 bits per heavy atom. The van der Waals surface area contributed by atoms with E-state index in [1.165, 1.54) is 0 Å². The van der Waals surface area contributed by atoms with Crippen molar-refractivity contribution in [3.63, 3.8) is 0 Å². The molecule has 0 heterocycles. The molecular weight excluding hydrogens is 160 g/mol. The Bertz CT molecular complexity index is 181. The maximum absolute atomic E-state index is 8.62. The lowest BCUT2D eigenvalue weighted by molar-refractivity contribution is 0.237. The van der Waals surface area contributed by atoms with Crippen molar-refractivity contribution in [2.75, 3.05) is 13.1 Å². The van der Waals surface area contributed by atoms with Gasteiger partial charge in [-0.05, 0) is 6.42 Å². The first-order valence-electron chi connectivity index (χ1n) is 4.62. The van der Waals surface area contributed by atoms with Gasteiger partial charge in [0.2, 0.25) is 0 Å². The summed E-state index contributed by atoms with van der Waals surface area (Å²) in [6.45, 7) is 11.2. The predicted octanol–water partition coefficient (Wildman–Crippen LogP) is 2.35. The third-order valence-electron chi connectivity index (χ3n) is 2.04. The first-order chi connectivity index (χ1) is 6.29. The van der Waals surface area contributed by atoms with Crippen LogP contribution in [0.2, 0.25) is 0 Å². The van der Waals surface area contributed by atoms with Crippen LogP contribution in [-0.4, -0.2) is 24.0 Å². The summed E-state index contributed by atoms with van der Waals surface area (Å²) >= 11 is 0. The fraction of sp³-hybridized carbons (Fsp3) is 0.545. The van der Waals surface area contributed by atoms with Gasteiger partial charge in [-0.15, -0.1) is 13.2 Å². The highest BCUT2D eigenvalue weighted by molar-refractivity contribution is 4.88. The van der Waals surface area contributed by atoms with E-state index >= 15 is 0 Å². The number of nitriles is 1. The molecule has 0 aliphatic carbocycles. The van der Waals surface area contributed by atoms with Crippen LogP contribution in [0.4, 0.5) is 0 Å². The molecule has 0 aromatic carbocycles. The Balaban J connectivity index is 4.19. The molecule has 0 aromatic rings. The molecule has 2 nitrogen and oxygen atoms in total. The molecule has 0 N–H and O–H groups in total. The van der Waals surface area contributed by atoms with E-state index < -0.39 is 0 Å². The molecule has 0 saturated carbocycles. The van der Waals surface area contributed by atoms with Crippen molar-refractivity contribution in [3.05, 3.63) is 25.3 Å². The van der Waals surface area contributed by atoms with Crippen LogP contribution < -0.4 is 0 Å². The lowest BCUT2D eigenvalue weighted by atomic mass is 10.1. The highest BCUT2D eigenvalue weighted by Gasteiger charge is 2.13. The van der Waals surface area contributed by atoms with Crippen molar-refractivity contribution in [2.24, 2.45) is 0 Å². The molecule has 0 radical (unpaired) electrons. The molecule has 0 bridgehead atoms. The Hall–Kier alpha value is -1.07. The predicted molar refractivity (Wildman–Crippen MR) is 56.3 cm³/mol. The summed E-state index contributed by atoms with van der Waals surface area (Å²) in [5.41, 5.74) is 0. The van der Waals surface area contributed by atoms with Crippen molar-refractivity contribution >= 4 is 0 Å². The highest BCUT2D eigenvalue weighted by Crippen LogP contribution is 2.07. The number of nitrogens with zero attached hydrogens (tertiary/aromatic N) is 2. The molecule has 1 unspecified atom stereocenters. The molecule has 72 valence electrons. The molecule has 2 heteroatoms. The molecule has 0 saturated heterocycles. The third-order valence-corrected chi connectivity index (χ3v) is 2.04. The van der Waals surface area contributed by atoms with E-state index in [0.29, 0.717) is 12.5 Å². The van der Waals surface area contributed by atoms with E-state index in [9.17, 15) is 0 Å². The fourth-order valence-corrected chi connectivity index (χ4v) is 1.34. The van der Waals surface area contributed by atoms with Crippen LogP contribution in [0.3, 0.4) is 0 Å². The minimum atomic E-state index is 0.334. The smallest absolute Gasteiger partial charge is 0.0638 e. The summed E-state index contributed by atoms with van der Waals surface area (Å²) < 4.78 is 0. The number of rotatable bonds is 7. The first kappa shape index (κ1) is 11.9. The molecule has 0 fully saturated rings. The van der Waals surface area contributed by atoms with Gasteiger partial charge in [0, 0.05) is 19.1 Å². The zero-order chi connectivity index (χ0) is 10.1. The van der Waals surface area contributed by atoms with Gasteiger partial charge in [-0.2, -0.15) is 5.26 Å². The summed E-state index contributed by atoms with van der Waals surface area (Å²) in [7, 11) is 0. The van der Waals surface area contributed by atoms with Crippen molar-refractivity contribution in [2.45, 2.75) is 25.8 Å². The van der Waals surface area contributed by atoms with E-state index in [4.69, 9.17) is 5.26 Å². The standard InChI is InChI=1S/C11H18N2/c1-4-9-13(10-5-2)11(6-3)7-8-12/h4-5,11H,1-2,6-7,9-10H2,3H3. The van der Waals surface area contributed by atoms with Crippen molar-refractivity contribution in [1.29, 1.82) is 5.26 Å². The number of hydrogen-bond donors (Lipinski definition) is 0. The fourth-order valence-electron chi connectivity index (χ4n) is 1.34. The quantitative estimate of drug-likeness (QED) is 0.559. The monoisotopic (exact) mass is 178 g/mol. The van der Waals surface area contributed by atoms with Crippen LogP contribution in [0.5, 0.6) is 0 Å². The Morgan fingerprint density at radius 2 is 1.92 bits per heavy atom. The van der Waals surface area contributed by atoms with Gasteiger partial charge < -0.3 is 0 Å². The normalized spacial score (nSPS) is 12.1. The van der Waals surface area contributed by atoms with Crippen molar-refractivity contribution in [1.82, 2.24) is 4.90 Å². The van der Waals surface area contributed by atoms with Gasteiger partial charge in [-0.1, -0.05) is 19.1 Å². The van der Waals surface area contributed by atoms with E-state index in [1.807, 2.05) is 12.2 Å². The Morgan fingerprint density at radius 1 is 1.38 bits per heavy atom. The Kier molecular flexibility index (Phi) is 6.95. The van der Waals surface area contributed by atoms with Gasteiger partial charge in [0.15, 0.2) is 0 Å². The summed E-state index contributed by atoms with van der Waals surface area (Å²) in [5.74, 6) is 0. The summed E-state index contributed by atoms with van der Waals surface area (Å²) in [4.78, 5) is 2.21. The maximum Gasteiger partial charge on any atom is 0.0638 e. The molecule has 0 amide bonds. The van der Waals surface area contributed by atoms with Crippen LogP contribution in [0, 0.1) is 11.3 Å². The molecule has 0 spiro atoms. The second-order valence-corrected chi connectivity index (χ2v) is 2.96. The lowest BCUT2D eigenvalue weighted by Crippen LogP contribution is -2.34. The lowest BCUT2D eigenvalue weighted by Gasteiger charge is -2.26. The third kappa shape index (κ3) is 4.49. The van der Waals surface area contributed by atoms with Crippen LogP contribution in [-0.2, 0) is 0 Å². The second-order valence-electron chi connectivity index (χ2n) is 2.96. The van der Waals surface area contributed by atoms with Gasteiger partial charge in [0.1, 0.15) is 0 Å². The number of hydrogen-bond acceptors (Lipinski definition) is 2. The minimum Gasteiger partial charge on any atom is -0.292 e. The average molecular weight is 178 g/mol. The van der Waals surface area contributed by atoms with Gasteiger partial charge >= 0.3 is 0 Å². The van der Waals surface area contributed by atoms with Gasteiger partial charge in [0.25, 0.3) is 0 Å². The highest BCUT2D eigenvalue weighted by atomic mass is 15.1. The first-order valence-corrected chi connectivity index (χ1v) is 4.62. The van der Waals surface area contributed by atoms with E-state index in [0.717, 1.165) is 19.5 Å². The summed E-state index contributed by atoms with van der Waals surface area (Å²) in [5, 5.41) is 8.62. The van der Waals surface area contributed by atoms with Gasteiger partial charge in [-0.3, -0.25) is 4.90 Å². The van der Waals surface area contributed by atoms with E-state index in [1.54, 1.807) is 0 Å². The van der Waals surface area contributed by atoms with Crippen molar-refractivity contribution < 1.29 is 0 Å². The van der Waals surface area contributed by atoms with Crippen LogP contribution in [0.15, 0.2) is 25.3 Å². The van der Waals surface area contributed by atoms with Crippen LogP contribution >= 0.6 is 0 Å². The molecule has 13 heavy (non-hydrogen) atoms. The zero-order valence-corrected chi connectivity index (χ0v) is 8.37. The second kappa shape index (κ2) is 7.57. The zero-order valence-electron chi connectivity index (χ0n) is 8.37. The van der Waals surface area contributed by atoms with E-state index in [-0.39, 0.29) is 0 Å². The summed E-state index contributed by atoms with van der Waals surface area (Å²) in [6.07, 6.45) is 5.31. The molecule has 0 aromatic heterocycles. The molecule has 0 aliphatic heterocycles. The van der Waals surface area contributed by atoms with Crippen LogP contribution in [0.1, 0.15) is 19.8 Å². The molecular formula is C11H18N2. The topological polar surface area (TPSA) is 27.0 Å². The maximum atomic E-state index is 8.62. The minimum absolute atomic E-state index is 0.334. The molecule has 0 rings (SSSR count). The average Bonchev–Trinajstić information content (AvgIpc) is 2.14. The largest absolute Gasteiger partial charge is 0.292 e. The SMILES string of the molecule is C=CCN(CC=C)C(CC)CC#N. The van der Waals surface area contributed by atoms with Crippen LogP contribution in [0.25, 0.3) is 0 Å². The van der Waals surface area contributed by atoms with E-state index in [2.05, 4.69) is 31.1 Å². The van der Waals surface area contributed by atoms with Gasteiger partial charge in [-0.25, -0.2) is 0 Å². The van der Waals surface area contributed by atoms with Gasteiger partial charge in [0.05, 0.1) is 12.5 Å².